The summed E-state index contributed by atoms with van der Waals surface area (Å²) in [5, 5.41) is 0. The van der Waals surface area contributed by atoms with Crippen LogP contribution in [0.2, 0.25) is 0 Å². The minimum atomic E-state index is -0.579. The van der Waals surface area contributed by atoms with Gasteiger partial charge in [-0.1, -0.05) is 25.3 Å². The number of hydrogen-bond acceptors (Lipinski definition) is 4. The van der Waals surface area contributed by atoms with Gasteiger partial charge in [0.2, 0.25) is 0 Å². The Morgan fingerprint density at radius 2 is 1.61 bits per heavy atom. The Morgan fingerprint density at radius 1 is 1.00 bits per heavy atom. The number of aryl methyl sites for hydroxylation is 2. The average Bonchev–Trinajstić information content (AvgIpc) is 2.51. The van der Waals surface area contributed by atoms with Crippen LogP contribution in [0.1, 0.15) is 43.2 Å². The number of ether oxygens (including phenoxy) is 2. The fraction of sp³-hybridized carbons (Fsp3) is 0.474. The smallest absolute Gasteiger partial charge is 0.336 e. The Hall–Kier alpha value is -2.10. The SMILES string of the molecule is Cc1cc(C)cc(OC(=O)/C=C/C(=O)OCC2CCCCC2)c1. The van der Waals surface area contributed by atoms with E-state index in [1.807, 2.05) is 19.9 Å². The van der Waals surface area contributed by atoms with Crippen LogP contribution in [-0.4, -0.2) is 18.5 Å². The Kier molecular flexibility index (Phi) is 6.39. The van der Waals surface area contributed by atoms with Crippen molar-refractivity contribution >= 4 is 11.9 Å². The number of rotatable bonds is 5. The third-order valence-electron chi connectivity index (χ3n) is 3.96. The van der Waals surface area contributed by atoms with E-state index < -0.39 is 11.9 Å². The Balaban J connectivity index is 1.77. The van der Waals surface area contributed by atoms with Crippen LogP contribution in [0.3, 0.4) is 0 Å². The van der Waals surface area contributed by atoms with E-state index in [0.29, 0.717) is 18.3 Å². The molecule has 0 saturated heterocycles. The van der Waals surface area contributed by atoms with Gasteiger partial charge in [0.15, 0.2) is 0 Å². The molecule has 0 bridgehead atoms. The summed E-state index contributed by atoms with van der Waals surface area (Å²) in [6.45, 7) is 4.31. The zero-order valence-electron chi connectivity index (χ0n) is 13.8. The molecule has 0 radical (unpaired) electrons. The molecule has 1 aromatic rings. The van der Waals surface area contributed by atoms with E-state index in [1.165, 1.54) is 19.3 Å². The first-order valence-corrected chi connectivity index (χ1v) is 8.18. The first-order chi connectivity index (χ1) is 11.0. The van der Waals surface area contributed by atoms with Gasteiger partial charge in [-0.05, 0) is 55.9 Å². The Labute approximate surface area is 137 Å². The topological polar surface area (TPSA) is 52.6 Å². The van der Waals surface area contributed by atoms with Crippen molar-refractivity contribution in [2.24, 2.45) is 5.92 Å². The van der Waals surface area contributed by atoms with Gasteiger partial charge >= 0.3 is 11.9 Å². The van der Waals surface area contributed by atoms with Gasteiger partial charge in [-0.15, -0.1) is 0 Å². The summed E-state index contributed by atoms with van der Waals surface area (Å²) in [7, 11) is 0. The van der Waals surface area contributed by atoms with Crippen LogP contribution in [0, 0.1) is 19.8 Å². The van der Waals surface area contributed by atoms with Crippen molar-refractivity contribution in [3.8, 4) is 5.75 Å². The van der Waals surface area contributed by atoms with Gasteiger partial charge < -0.3 is 9.47 Å². The van der Waals surface area contributed by atoms with Gasteiger partial charge in [0.1, 0.15) is 5.75 Å². The normalized spacial score (nSPS) is 15.6. The van der Waals surface area contributed by atoms with E-state index in [1.54, 1.807) is 12.1 Å². The fourth-order valence-corrected chi connectivity index (χ4v) is 2.88. The summed E-state index contributed by atoms with van der Waals surface area (Å²) in [5.41, 5.74) is 2.03. The summed E-state index contributed by atoms with van der Waals surface area (Å²) in [4.78, 5) is 23.4. The zero-order valence-corrected chi connectivity index (χ0v) is 13.8. The molecule has 1 fully saturated rings. The van der Waals surface area contributed by atoms with Crippen molar-refractivity contribution < 1.29 is 19.1 Å². The van der Waals surface area contributed by atoms with Gasteiger partial charge in [-0.3, -0.25) is 0 Å². The summed E-state index contributed by atoms with van der Waals surface area (Å²) in [6.07, 6.45) is 8.17. The molecule has 0 heterocycles. The first-order valence-electron chi connectivity index (χ1n) is 8.18. The maximum Gasteiger partial charge on any atom is 0.336 e. The highest BCUT2D eigenvalue weighted by Crippen LogP contribution is 2.23. The van der Waals surface area contributed by atoms with Gasteiger partial charge in [0.05, 0.1) is 6.61 Å². The minimum absolute atomic E-state index is 0.440. The quantitative estimate of drug-likeness (QED) is 0.470. The van der Waals surface area contributed by atoms with E-state index in [4.69, 9.17) is 9.47 Å². The zero-order chi connectivity index (χ0) is 16.7. The number of esters is 2. The molecule has 0 N–H and O–H groups in total. The molecule has 0 amide bonds. The van der Waals surface area contributed by atoms with E-state index in [9.17, 15) is 9.59 Å². The third-order valence-corrected chi connectivity index (χ3v) is 3.96. The van der Waals surface area contributed by atoms with Gasteiger partial charge in [0.25, 0.3) is 0 Å². The fourth-order valence-electron chi connectivity index (χ4n) is 2.88. The van der Waals surface area contributed by atoms with Gasteiger partial charge in [-0.2, -0.15) is 0 Å². The predicted molar refractivity (Wildman–Crippen MR) is 88.2 cm³/mol. The second-order valence-electron chi connectivity index (χ2n) is 6.21. The maximum atomic E-state index is 11.7. The molecule has 1 aliphatic rings. The maximum absolute atomic E-state index is 11.7. The number of carbonyl (C=O) groups excluding carboxylic acids is 2. The van der Waals surface area contributed by atoms with Crippen molar-refractivity contribution in [3.63, 3.8) is 0 Å². The molecule has 1 aromatic carbocycles. The summed E-state index contributed by atoms with van der Waals surface area (Å²) in [6, 6.07) is 5.55. The molecule has 0 atom stereocenters. The van der Waals surface area contributed by atoms with E-state index in [0.717, 1.165) is 36.1 Å². The van der Waals surface area contributed by atoms with Crippen LogP contribution in [-0.2, 0) is 14.3 Å². The van der Waals surface area contributed by atoms with Crippen LogP contribution in [0.5, 0.6) is 5.75 Å². The minimum Gasteiger partial charge on any atom is -0.462 e. The molecule has 2 rings (SSSR count). The van der Waals surface area contributed by atoms with Crippen molar-refractivity contribution in [3.05, 3.63) is 41.5 Å². The van der Waals surface area contributed by atoms with Crippen LogP contribution in [0.15, 0.2) is 30.4 Å². The molecule has 4 nitrogen and oxygen atoms in total. The largest absolute Gasteiger partial charge is 0.462 e. The molecule has 124 valence electrons. The lowest BCUT2D eigenvalue weighted by Gasteiger charge is -2.20. The van der Waals surface area contributed by atoms with Crippen LogP contribution in [0.4, 0.5) is 0 Å². The third kappa shape index (κ3) is 6.27. The van der Waals surface area contributed by atoms with Crippen LogP contribution < -0.4 is 4.74 Å². The highest BCUT2D eigenvalue weighted by Gasteiger charge is 2.14. The molecule has 1 aliphatic carbocycles. The highest BCUT2D eigenvalue weighted by molar-refractivity contribution is 5.92. The number of benzene rings is 1. The van der Waals surface area contributed by atoms with Crippen LogP contribution >= 0.6 is 0 Å². The molecule has 0 aromatic heterocycles. The summed E-state index contributed by atoms with van der Waals surface area (Å²) < 4.78 is 10.4. The second kappa shape index (κ2) is 8.51. The lowest BCUT2D eigenvalue weighted by Crippen LogP contribution is -2.16. The van der Waals surface area contributed by atoms with E-state index in [2.05, 4.69) is 0 Å². The standard InChI is InChI=1S/C19H24O4/c1-14-10-15(2)12-17(11-14)23-19(21)9-8-18(20)22-13-16-6-4-3-5-7-16/h8-12,16H,3-7,13H2,1-2H3/b9-8+. The van der Waals surface area contributed by atoms with Gasteiger partial charge in [0, 0.05) is 12.2 Å². The number of hydrogen-bond donors (Lipinski definition) is 0. The van der Waals surface area contributed by atoms with Gasteiger partial charge in [-0.25, -0.2) is 9.59 Å². The molecular weight excluding hydrogens is 292 g/mol. The Morgan fingerprint density at radius 3 is 2.26 bits per heavy atom. The van der Waals surface area contributed by atoms with Crippen LogP contribution in [0.25, 0.3) is 0 Å². The highest BCUT2D eigenvalue weighted by atomic mass is 16.5. The number of carbonyl (C=O) groups is 2. The van der Waals surface area contributed by atoms with E-state index in [-0.39, 0.29) is 0 Å². The van der Waals surface area contributed by atoms with Crippen molar-refractivity contribution in [1.82, 2.24) is 0 Å². The predicted octanol–water partition coefficient (Wildman–Crippen LogP) is 3.89. The molecule has 0 spiro atoms. The molecule has 23 heavy (non-hydrogen) atoms. The molecule has 0 aliphatic heterocycles. The summed E-state index contributed by atoms with van der Waals surface area (Å²) in [5.74, 6) is -0.131. The molecule has 4 heteroatoms. The van der Waals surface area contributed by atoms with Crippen molar-refractivity contribution in [2.45, 2.75) is 46.0 Å². The monoisotopic (exact) mass is 316 g/mol. The second-order valence-corrected chi connectivity index (χ2v) is 6.21. The molecular formula is C19H24O4. The lowest BCUT2D eigenvalue weighted by atomic mass is 9.90. The lowest BCUT2D eigenvalue weighted by molar-refractivity contribution is -0.140. The molecule has 1 saturated carbocycles. The first kappa shape index (κ1) is 17.3. The van der Waals surface area contributed by atoms with Crippen molar-refractivity contribution in [2.75, 3.05) is 6.61 Å². The van der Waals surface area contributed by atoms with Crippen molar-refractivity contribution in [1.29, 1.82) is 0 Å². The molecule has 0 unspecified atom stereocenters. The Bertz CT molecular complexity index is 563. The summed E-state index contributed by atoms with van der Waals surface area (Å²) >= 11 is 0. The average molecular weight is 316 g/mol. The van der Waals surface area contributed by atoms with E-state index >= 15 is 0 Å².